The highest BCUT2D eigenvalue weighted by Gasteiger charge is 1.78. The lowest BCUT2D eigenvalue weighted by Crippen LogP contribution is -2.05. The fourth-order valence-corrected chi connectivity index (χ4v) is 0.534. The maximum absolute atomic E-state index is 5.10. The highest BCUT2D eigenvalue weighted by molar-refractivity contribution is 8.93. The predicted molar refractivity (Wildman–Crippen MR) is 44.6 cm³/mol. The zero-order chi connectivity index (χ0) is 5.82. The zero-order valence-corrected chi connectivity index (χ0v) is 6.59. The van der Waals surface area contributed by atoms with Crippen molar-refractivity contribution in [3.63, 3.8) is 0 Å². The molecule has 0 unspecified atom stereocenters. The second-order valence-electron chi connectivity index (χ2n) is 1.51. The molecule has 0 radical (unpaired) electrons. The molecule has 0 aliphatic rings. The largest absolute Gasteiger partial charge is 0.324 e. The topological polar surface area (TPSA) is 38.0 Å². The number of hydrazine groups is 1. The van der Waals surface area contributed by atoms with Crippen molar-refractivity contribution in [2.45, 2.75) is 0 Å². The van der Waals surface area contributed by atoms with Gasteiger partial charge in [0, 0.05) is 5.69 Å². The first-order valence-corrected chi connectivity index (χ1v) is 2.45. The summed E-state index contributed by atoms with van der Waals surface area (Å²) in [6.07, 6.45) is 0. The molecule has 0 saturated heterocycles. The van der Waals surface area contributed by atoms with E-state index in [0.717, 1.165) is 5.69 Å². The Morgan fingerprint density at radius 1 is 1.11 bits per heavy atom. The number of halogens is 1. The smallest absolute Gasteiger partial charge is 0.0485 e. The predicted octanol–water partition coefficient (Wildman–Crippen LogP) is 1.55. The zero-order valence-electron chi connectivity index (χ0n) is 4.87. The van der Waals surface area contributed by atoms with Gasteiger partial charge in [0.1, 0.15) is 0 Å². The summed E-state index contributed by atoms with van der Waals surface area (Å²) in [6, 6.07) is 9.60. The number of benzene rings is 1. The van der Waals surface area contributed by atoms with Gasteiger partial charge in [0.05, 0.1) is 0 Å². The van der Waals surface area contributed by atoms with E-state index in [4.69, 9.17) is 5.84 Å². The molecule has 0 aliphatic carbocycles. The Kier molecular flexibility index (Phi) is 4.09. The maximum atomic E-state index is 5.10. The van der Waals surface area contributed by atoms with Gasteiger partial charge in [-0.3, -0.25) is 5.84 Å². The molecule has 9 heavy (non-hydrogen) atoms. The van der Waals surface area contributed by atoms with E-state index in [2.05, 4.69) is 5.43 Å². The van der Waals surface area contributed by atoms with Crippen LogP contribution in [-0.2, 0) is 0 Å². The van der Waals surface area contributed by atoms with Crippen molar-refractivity contribution in [2.24, 2.45) is 5.84 Å². The Bertz CT molecular complexity index is 152. The van der Waals surface area contributed by atoms with Crippen molar-refractivity contribution in [2.75, 3.05) is 5.43 Å². The van der Waals surface area contributed by atoms with Crippen LogP contribution in [0.5, 0.6) is 0 Å². The number of rotatable bonds is 1. The van der Waals surface area contributed by atoms with E-state index in [1.54, 1.807) is 0 Å². The maximum Gasteiger partial charge on any atom is 0.0485 e. The van der Waals surface area contributed by atoms with Crippen molar-refractivity contribution >= 4 is 22.7 Å². The molecule has 1 aromatic rings. The Morgan fingerprint density at radius 2 is 1.67 bits per heavy atom. The summed E-state index contributed by atoms with van der Waals surface area (Å²) < 4.78 is 0. The van der Waals surface area contributed by atoms with E-state index in [9.17, 15) is 0 Å². The molecule has 0 bridgehead atoms. The first-order valence-electron chi connectivity index (χ1n) is 2.45. The number of nitrogens with two attached hydrogens (primary N) is 1. The number of hydrogen-bond donors (Lipinski definition) is 2. The number of para-hydroxylation sites is 1. The summed E-state index contributed by atoms with van der Waals surface area (Å²) in [5.41, 5.74) is 3.46. The molecule has 3 heteroatoms. The van der Waals surface area contributed by atoms with Gasteiger partial charge < -0.3 is 5.43 Å². The van der Waals surface area contributed by atoms with Crippen LogP contribution in [-0.4, -0.2) is 0 Å². The number of nitrogen functional groups attached to an aromatic ring is 1. The van der Waals surface area contributed by atoms with E-state index >= 15 is 0 Å². The molecule has 0 atom stereocenters. The molecular weight excluding hydrogens is 180 g/mol. The monoisotopic (exact) mass is 188 g/mol. The summed E-state index contributed by atoms with van der Waals surface area (Å²) in [5.74, 6) is 5.10. The third-order valence-electron chi connectivity index (χ3n) is 0.940. The van der Waals surface area contributed by atoms with Crippen LogP contribution in [0.3, 0.4) is 0 Å². The lowest BCUT2D eigenvalue weighted by Gasteiger charge is -1.94. The van der Waals surface area contributed by atoms with Crippen LogP contribution in [0.15, 0.2) is 30.3 Å². The van der Waals surface area contributed by atoms with E-state index in [1.165, 1.54) is 0 Å². The number of anilines is 1. The van der Waals surface area contributed by atoms with Gasteiger partial charge in [-0.25, -0.2) is 0 Å². The lowest BCUT2D eigenvalue weighted by molar-refractivity contribution is 1.35. The molecule has 0 heterocycles. The van der Waals surface area contributed by atoms with Gasteiger partial charge in [0.15, 0.2) is 0 Å². The molecule has 0 amide bonds. The molecular formula is C6H9BrN2. The van der Waals surface area contributed by atoms with Gasteiger partial charge in [0.25, 0.3) is 0 Å². The fraction of sp³-hybridized carbons (Fsp3) is 0. The number of nitrogens with one attached hydrogen (secondary N) is 1. The molecule has 2 nitrogen and oxygen atoms in total. The van der Waals surface area contributed by atoms with Crippen LogP contribution >= 0.6 is 17.0 Å². The average Bonchev–Trinajstić information content (AvgIpc) is 1.90. The van der Waals surface area contributed by atoms with Gasteiger partial charge in [-0.2, -0.15) is 0 Å². The van der Waals surface area contributed by atoms with Crippen molar-refractivity contribution in [3.8, 4) is 0 Å². The van der Waals surface area contributed by atoms with Crippen molar-refractivity contribution < 1.29 is 0 Å². The van der Waals surface area contributed by atoms with Crippen LogP contribution in [0.1, 0.15) is 0 Å². The quantitative estimate of drug-likeness (QED) is 0.519. The Labute approximate surface area is 64.8 Å². The summed E-state index contributed by atoms with van der Waals surface area (Å²) in [7, 11) is 0. The molecule has 0 saturated carbocycles. The highest BCUT2D eigenvalue weighted by atomic mass is 79.9. The summed E-state index contributed by atoms with van der Waals surface area (Å²) in [4.78, 5) is 0. The van der Waals surface area contributed by atoms with Crippen LogP contribution in [0, 0.1) is 0 Å². The second-order valence-corrected chi connectivity index (χ2v) is 1.51. The van der Waals surface area contributed by atoms with E-state index in [1.807, 2.05) is 30.3 Å². The number of hydrogen-bond acceptors (Lipinski definition) is 2. The van der Waals surface area contributed by atoms with Gasteiger partial charge in [0.2, 0.25) is 0 Å². The molecule has 50 valence electrons. The molecule has 0 aromatic heterocycles. The Hall–Kier alpha value is -0.540. The minimum atomic E-state index is 0. The first kappa shape index (κ1) is 8.46. The van der Waals surface area contributed by atoms with E-state index in [-0.39, 0.29) is 17.0 Å². The van der Waals surface area contributed by atoms with Gasteiger partial charge in [-0.15, -0.1) is 17.0 Å². The molecule has 0 fully saturated rings. The van der Waals surface area contributed by atoms with E-state index in [0.29, 0.717) is 0 Å². The van der Waals surface area contributed by atoms with Gasteiger partial charge >= 0.3 is 0 Å². The van der Waals surface area contributed by atoms with Gasteiger partial charge in [-0.05, 0) is 12.1 Å². The third-order valence-corrected chi connectivity index (χ3v) is 0.940. The standard InChI is InChI=1S/C6H8N2.BrH/c7-8-6-4-2-1-3-5-6;/h1-5,8H,7H2;1H. The lowest BCUT2D eigenvalue weighted by atomic mass is 10.3. The summed E-state index contributed by atoms with van der Waals surface area (Å²) in [5, 5.41) is 0. The second kappa shape index (κ2) is 4.35. The molecule has 1 rings (SSSR count). The first-order chi connectivity index (χ1) is 3.93. The summed E-state index contributed by atoms with van der Waals surface area (Å²) in [6.45, 7) is 0. The molecule has 3 N–H and O–H groups in total. The van der Waals surface area contributed by atoms with Crippen molar-refractivity contribution in [1.82, 2.24) is 0 Å². The third kappa shape index (κ3) is 2.49. The molecule has 0 aliphatic heterocycles. The van der Waals surface area contributed by atoms with Crippen LogP contribution < -0.4 is 11.3 Å². The SMILES string of the molecule is Br.NNc1ccccc1. The Balaban J connectivity index is 0.000000640. The molecule has 1 aromatic carbocycles. The Morgan fingerprint density at radius 3 is 2.00 bits per heavy atom. The van der Waals surface area contributed by atoms with Crippen molar-refractivity contribution in [1.29, 1.82) is 0 Å². The minimum absolute atomic E-state index is 0. The fourth-order valence-electron chi connectivity index (χ4n) is 0.534. The van der Waals surface area contributed by atoms with Crippen LogP contribution in [0.25, 0.3) is 0 Å². The average molecular weight is 189 g/mol. The normalized spacial score (nSPS) is 7.67. The molecule has 0 spiro atoms. The summed E-state index contributed by atoms with van der Waals surface area (Å²) >= 11 is 0. The minimum Gasteiger partial charge on any atom is -0.324 e. The highest BCUT2D eigenvalue weighted by Crippen LogP contribution is 2.00. The van der Waals surface area contributed by atoms with E-state index < -0.39 is 0 Å². The van der Waals surface area contributed by atoms with Crippen molar-refractivity contribution in [3.05, 3.63) is 30.3 Å². The van der Waals surface area contributed by atoms with Crippen LogP contribution in [0.4, 0.5) is 5.69 Å². The van der Waals surface area contributed by atoms with Crippen LogP contribution in [0.2, 0.25) is 0 Å². The van der Waals surface area contributed by atoms with Gasteiger partial charge in [-0.1, -0.05) is 18.2 Å².